The van der Waals surface area contributed by atoms with E-state index >= 15 is 0 Å². The number of alkyl halides is 3. The van der Waals surface area contributed by atoms with Crippen LogP contribution in [-0.2, 0) is 23.9 Å². The number of carbonyl (C=O) groups is 1. The molecule has 0 radical (unpaired) electrons. The fourth-order valence-corrected chi connectivity index (χ4v) is 3.56. The van der Waals surface area contributed by atoms with Gasteiger partial charge in [0, 0.05) is 37.9 Å². The van der Waals surface area contributed by atoms with Gasteiger partial charge in [-0.2, -0.15) is 13.2 Å². The SMILES string of the molecule is O=C1CCC(CCNCc2cccc(C(F)(F)F)c2)N1CCc1cccnc1. The maximum absolute atomic E-state index is 12.8. The van der Waals surface area contributed by atoms with Gasteiger partial charge in [0.1, 0.15) is 0 Å². The van der Waals surface area contributed by atoms with Crippen LogP contribution in [-0.4, -0.2) is 34.9 Å². The lowest BCUT2D eigenvalue weighted by molar-refractivity contribution is -0.137. The van der Waals surface area contributed by atoms with E-state index in [1.165, 1.54) is 12.1 Å². The van der Waals surface area contributed by atoms with Crippen molar-refractivity contribution in [3.63, 3.8) is 0 Å². The predicted molar refractivity (Wildman–Crippen MR) is 100 cm³/mol. The molecule has 0 bridgehead atoms. The van der Waals surface area contributed by atoms with Crippen LogP contribution in [0, 0.1) is 0 Å². The minimum atomic E-state index is -4.32. The first-order valence-electron chi connectivity index (χ1n) is 9.49. The lowest BCUT2D eigenvalue weighted by atomic mass is 10.1. The summed E-state index contributed by atoms with van der Waals surface area (Å²) in [4.78, 5) is 18.2. The number of carbonyl (C=O) groups excluding carboxylic acids is 1. The van der Waals surface area contributed by atoms with Crippen LogP contribution in [0.15, 0.2) is 48.8 Å². The van der Waals surface area contributed by atoms with Crippen molar-refractivity contribution in [2.45, 2.75) is 44.4 Å². The van der Waals surface area contributed by atoms with Crippen molar-refractivity contribution < 1.29 is 18.0 Å². The van der Waals surface area contributed by atoms with E-state index in [2.05, 4.69) is 10.3 Å². The van der Waals surface area contributed by atoms with E-state index in [-0.39, 0.29) is 11.9 Å². The molecule has 7 heteroatoms. The molecule has 2 heterocycles. The number of nitrogens with zero attached hydrogens (tertiary/aromatic N) is 2. The lowest BCUT2D eigenvalue weighted by Crippen LogP contribution is -2.36. The maximum Gasteiger partial charge on any atom is 0.416 e. The Kier molecular flexibility index (Phi) is 6.67. The molecule has 1 fully saturated rings. The van der Waals surface area contributed by atoms with E-state index in [4.69, 9.17) is 0 Å². The molecule has 0 spiro atoms. The van der Waals surface area contributed by atoms with Crippen molar-refractivity contribution in [1.29, 1.82) is 0 Å². The summed E-state index contributed by atoms with van der Waals surface area (Å²) in [5.74, 6) is 0.173. The number of hydrogen-bond acceptors (Lipinski definition) is 3. The van der Waals surface area contributed by atoms with Gasteiger partial charge in [0.25, 0.3) is 0 Å². The molecule has 4 nitrogen and oxygen atoms in total. The third kappa shape index (κ3) is 5.55. The van der Waals surface area contributed by atoms with Crippen LogP contribution < -0.4 is 5.32 Å². The second-order valence-corrected chi connectivity index (χ2v) is 7.05. The summed E-state index contributed by atoms with van der Waals surface area (Å²) in [5.41, 5.74) is 1.07. The molecule has 1 atom stereocenters. The van der Waals surface area contributed by atoms with Crippen LogP contribution >= 0.6 is 0 Å². The molecule has 1 aromatic heterocycles. The Morgan fingerprint density at radius 3 is 2.75 bits per heavy atom. The monoisotopic (exact) mass is 391 g/mol. The number of likely N-dealkylation sites (tertiary alicyclic amines) is 1. The first kappa shape index (κ1) is 20.3. The summed E-state index contributed by atoms with van der Waals surface area (Å²) >= 11 is 0. The van der Waals surface area contributed by atoms with Crippen LogP contribution in [0.1, 0.15) is 36.0 Å². The van der Waals surface area contributed by atoms with Crippen molar-refractivity contribution in [3.8, 4) is 0 Å². The van der Waals surface area contributed by atoms with Crippen LogP contribution in [0.5, 0.6) is 0 Å². The Balaban J connectivity index is 1.45. The third-order valence-electron chi connectivity index (χ3n) is 5.05. The number of benzene rings is 1. The van der Waals surface area contributed by atoms with Gasteiger partial charge < -0.3 is 10.2 Å². The zero-order valence-electron chi connectivity index (χ0n) is 15.6. The van der Waals surface area contributed by atoms with E-state index in [0.29, 0.717) is 31.6 Å². The summed E-state index contributed by atoms with van der Waals surface area (Å²) in [6, 6.07) is 9.42. The normalized spacial score (nSPS) is 17.3. The molecular formula is C21H24F3N3O. The van der Waals surface area contributed by atoms with Gasteiger partial charge in [-0.05, 0) is 49.1 Å². The number of halogens is 3. The molecule has 1 aliphatic rings. The number of rotatable bonds is 8. The first-order valence-corrected chi connectivity index (χ1v) is 9.49. The zero-order valence-corrected chi connectivity index (χ0v) is 15.6. The summed E-state index contributed by atoms with van der Waals surface area (Å²) in [6.07, 6.45) is 2.17. The second kappa shape index (κ2) is 9.19. The van der Waals surface area contributed by atoms with Crippen molar-refractivity contribution >= 4 is 5.91 Å². The maximum atomic E-state index is 12.8. The standard InChI is InChI=1S/C21H24F3N3O/c22-21(23,24)18-5-1-3-17(13-18)15-26-11-8-19-6-7-20(28)27(19)12-9-16-4-2-10-25-14-16/h1-5,10,13-14,19,26H,6-9,11-12,15H2. The summed E-state index contributed by atoms with van der Waals surface area (Å²) in [5, 5.41) is 3.20. The average Bonchev–Trinajstić information content (AvgIpc) is 3.03. The van der Waals surface area contributed by atoms with E-state index in [9.17, 15) is 18.0 Å². The molecular weight excluding hydrogens is 367 g/mol. The van der Waals surface area contributed by atoms with Crippen LogP contribution in [0.4, 0.5) is 13.2 Å². The minimum Gasteiger partial charge on any atom is -0.339 e. The highest BCUT2D eigenvalue weighted by Gasteiger charge is 2.31. The Morgan fingerprint density at radius 1 is 1.18 bits per heavy atom. The fraction of sp³-hybridized carbons (Fsp3) is 0.429. The number of pyridine rings is 1. The number of nitrogens with one attached hydrogen (secondary N) is 1. The Morgan fingerprint density at radius 2 is 2.00 bits per heavy atom. The fourth-order valence-electron chi connectivity index (χ4n) is 3.56. The smallest absolute Gasteiger partial charge is 0.339 e. The van der Waals surface area contributed by atoms with Crippen LogP contribution in [0.2, 0.25) is 0 Å². The van der Waals surface area contributed by atoms with Crippen molar-refractivity contribution in [2.24, 2.45) is 0 Å². The number of aromatic nitrogens is 1. The lowest BCUT2D eigenvalue weighted by Gasteiger charge is -2.25. The van der Waals surface area contributed by atoms with Gasteiger partial charge in [0.2, 0.25) is 5.91 Å². The summed E-state index contributed by atoms with van der Waals surface area (Å²) in [6.45, 7) is 1.70. The van der Waals surface area contributed by atoms with Crippen molar-refractivity contribution in [1.82, 2.24) is 15.2 Å². The first-order chi connectivity index (χ1) is 13.4. The van der Waals surface area contributed by atoms with Crippen molar-refractivity contribution in [2.75, 3.05) is 13.1 Å². The Bertz CT molecular complexity index is 780. The van der Waals surface area contributed by atoms with E-state index in [1.807, 2.05) is 23.2 Å². The molecule has 1 amide bonds. The van der Waals surface area contributed by atoms with Crippen molar-refractivity contribution in [3.05, 3.63) is 65.5 Å². The second-order valence-electron chi connectivity index (χ2n) is 7.05. The molecule has 3 rings (SSSR count). The third-order valence-corrected chi connectivity index (χ3v) is 5.05. The largest absolute Gasteiger partial charge is 0.416 e. The minimum absolute atomic E-state index is 0.173. The molecule has 28 heavy (non-hydrogen) atoms. The van der Waals surface area contributed by atoms with E-state index in [0.717, 1.165) is 30.9 Å². The highest BCUT2D eigenvalue weighted by Crippen LogP contribution is 2.29. The topological polar surface area (TPSA) is 45.2 Å². The molecule has 1 aliphatic heterocycles. The molecule has 1 aromatic carbocycles. The number of hydrogen-bond donors (Lipinski definition) is 1. The Hall–Kier alpha value is -2.41. The predicted octanol–water partition coefficient (Wildman–Crippen LogP) is 3.81. The van der Waals surface area contributed by atoms with Gasteiger partial charge in [0.15, 0.2) is 0 Å². The molecule has 1 unspecified atom stereocenters. The van der Waals surface area contributed by atoms with Crippen LogP contribution in [0.25, 0.3) is 0 Å². The molecule has 150 valence electrons. The average molecular weight is 391 g/mol. The number of amides is 1. The summed E-state index contributed by atoms with van der Waals surface area (Å²) in [7, 11) is 0. The van der Waals surface area contributed by atoms with E-state index in [1.54, 1.807) is 12.3 Å². The Labute approximate surface area is 162 Å². The molecule has 0 aliphatic carbocycles. The quantitative estimate of drug-likeness (QED) is 0.696. The van der Waals surface area contributed by atoms with Gasteiger partial charge in [0.05, 0.1) is 5.56 Å². The summed E-state index contributed by atoms with van der Waals surface area (Å²) < 4.78 is 38.3. The molecule has 1 saturated heterocycles. The van der Waals surface area contributed by atoms with Gasteiger partial charge in [-0.3, -0.25) is 9.78 Å². The highest BCUT2D eigenvalue weighted by atomic mass is 19.4. The molecule has 0 saturated carbocycles. The van der Waals surface area contributed by atoms with Gasteiger partial charge in [-0.1, -0.05) is 24.3 Å². The van der Waals surface area contributed by atoms with E-state index < -0.39 is 11.7 Å². The molecule has 2 aromatic rings. The zero-order chi connectivity index (χ0) is 20.0. The molecule has 1 N–H and O–H groups in total. The highest BCUT2D eigenvalue weighted by molar-refractivity contribution is 5.78. The van der Waals surface area contributed by atoms with Gasteiger partial charge >= 0.3 is 6.18 Å². The van der Waals surface area contributed by atoms with Gasteiger partial charge in [-0.15, -0.1) is 0 Å². The van der Waals surface area contributed by atoms with Crippen LogP contribution in [0.3, 0.4) is 0 Å². The van der Waals surface area contributed by atoms with Gasteiger partial charge in [-0.25, -0.2) is 0 Å².